The first-order valence-electron chi connectivity index (χ1n) is 8.74. The summed E-state index contributed by atoms with van der Waals surface area (Å²) in [5, 5.41) is 0. The van der Waals surface area contributed by atoms with Crippen molar-refractivity contribution in [3.8, 4) is 5.88 Å². The monoisotopic (exact) mass is 415 g/mol. The van der Waals surface area contributed by atoms with Crippen molar-refractivity contribution < 1.29 is 26.3 Å². The Hall–Kier alpha value is -2.20. The Morgan fingerprint density at radius 3 is 2.36 bits per heavy atom. The molecule has 1 aliphatic rings. The Kier molecular flexibility index (Phi) is 5.90. The van der Waals surface area contributed by atoms with Gasteiger partial charge in [-0.05, 0) is 37.5 Å². The molecule has 0 saturated carbocycles. The molecule has 28 heavy (non-hydrogen) atoms. The van der Waals surface area contributed by atoms with Crippen LogP contribution in [0.3, 0.4) is 0 Å². The topological polar surface area (TPSA) is 72.4 Å². The molecule has 0 radical (unpaired) electrons. The maximum Gasteiger partial charge on any atom is 0.416 e. The Balaban J connectivity index is 1.57. The molecule has 3 rings (SSSR count). The van der Waals surface area contributed by atoms with Crippen LogP contribution in [-0.4, -0.2) is 41.9 Å². The van der Waals surface area contributed by atoms with Crippen LogP contribution in [0.2, 0.25) is 0 Å². The minimum absolute atomic E-state index is 0.146. The van der Waals surface area contributed by atoms with Crippen molar-refractivity contribution in [2.45, 2.75) is 37.8 Å². The third-order valence-corrected chi connectivity index (χ3v) is 6.31. The van der Waals surface area contributed by atoms with Gasteiger partial charge in [0.25, 0.3) is 0 Å². The van der Waals surface area contributed by atoms with Crippen molar-refractivity contribution in [3.63, 3.8) is 0 Å². The highest BCUT2D eigenvalue weighted by Crippen LogP contribution is 2.29. The van der Waals surface area contributed by atoms with Gasteiger partial charge in [0.2, 0.25) is 15.9 Å². The van der Waals surface area contributed by atoms with E-state index in [0.717, 1.165) is 12.1 Å². The van der Waals surface area contributed by atoms with Crippen LogP contribution in [0.4, 0.5) is 13.2 Å². The number of halogens is 3. The highest BCUT2D eigenvalue weighted by Gasteiger charge is 2.31. The van der Waals surface area contributed by atoms with Gasteiger partial charge in [0, 0.05) is 25.4 Å². The predicted molar refractivity (Wildman–Crippen MR) is 96.1 cm³/mol. The number of aryl methyl sites for hydroxylation is 1. The molecule has 0 spiro atoms. The number of benzene rings is 1. The van der Waals surface area contributed by atoms with Crippen LogP contribution < -0.4 is 4.74 Å². The molecule has 2 heterocycles. The number of aromatic nitrogens is 2. The fourth-order valence-electron chi connectivity index (χ4n) is 2.99. The van der Waals surface area contributed by atoms with E-state index in [1.165, 1.54) is 16.4 Å². The zero-order valence-corrected chi connectivity index (χ0v) is 16.0. The fraction of sp³-hybridized carbons (Fsp3) is 0.444. The van der Waals surface area contributed by atoms with Crippen molar-refractivity contribution in [2.75, 3.05) is 13.1 Å². The van der Waals surface area contributed by atoms with Gasteiger partial charge in [-0.1, -0.05) is 12.1 Å². The van der Waals surface area contributed by atoms with Crippen LogP contribution in [0.5, 0.6) is 5.88 Å². The summed E-state index contributed by atoms with van der Waals surface area (Å²) in [5.41, 5.74) is -0.477. The summed E-state index contributed by atoms with van der Waals surface area (Å²) in [6, 6.07) is 5.85. The molecule has 0 amide bonds. The first kappa shape index (κ1) is 20.5. The van der Waals surface area contributed by atoms with E-state index in [-0.39, 0.29) is 24.9 Å². The summed E-state index contributed by atoms with van der Waals surface area (Å²) in [6.45, 7) is 2.33. The van der Waals surface area contributed by atoms with Gasteiger partial charge in [-0.2, -0.15) is 18.2 Å². The molecular formula is C18H20F3N3O3S. The molecule has 0 aliphatic carbocycles. The fourth-order valence-corrected chi connectivity index (χ4v) is 4.55. The average molecular weight is 415 g/mol. The van der Waals surface area contributed by atoms with Gasteiger partial charge in [-0.15, -0.1) is 0 Å². The number of nitrogens with zero attached hydrogens (tertiary/aromatic N) is 3. The molecule has 1 aromatic heterocycles. The number of hydrogen-bond acceptors (Lipinski definition) is 5. The summed E-state index contributed by atoms with van der Waals surface area (Å²) in [7, 11) is -3.62. The Morgan fingerprint density at radius 1 is 1.14 bits per heavy atom. The molecule has 0 atom stereocenters. The van der Waals surface area contributed by atoms with Crippen LogP contribution >= 0.6 is 0 Å². The predicted octanol–water partition coefficient (Wildman–Crippen LogP) is 3.18. The van der Waals surface area contributed by atoms with E-state index >= 15 is 0 Å². The third kappa shape index (κ3) is 5.20. The molecule has 1 aromatic carbocycles. The Labute approximate surface area is 161 Å². The SMILES string of the molecule is Cc1nccc(OC2CCN(S(=O)(=O)Cc3ccc(C(F)(F)F)cc3)CC2)n1. The van der Waals surface area contributed by atoms with Crippen molar-refractivity contribution in [1.29, 1.82) is 0 Å². The second-order valence-corrected chi connectivity index (χ2v) is 8.58. The van der Waals surface area contributed by atoms with Crippen LogP contribution in [0.15, 0.2) is 36.5 Å². The Morgan fingerprint density at radius 2 is 1.79 bits per heavy atom. The van der Waals surface area contributed by atoms with Gasteiger partial charge < -0.3 is 4.74 Å². The van der Waals surface area contributed by atoms with E-state index in [1.807, 2.05) is 0 Å². The summed E-state index contributed by atoms with van der Waals surface area (Å²) >= 11 is 0. The smallest absolute Gasteiger partial charge is 0.416 e. The summed E-state index contributed by atoms with van der Waals surface area (Å²) < 4.78 is 70.2. The first-order chi connectivity index (χ1) is 13.1. The number of sulfonamides is 1. The maximum absolute atomic E-state index is 12.6. The molecule has 1 aliphatic heterocycles. The lowest BCUT2D eigenvalue weighted by atomic mass is 10.1. The lowest BCUT2D eigenvalue weighted by Gasteiger charge is -2.31. The zero-order valence-electron chi connectivity index (χ0n) is 15.2. The maximum atomic E-state index is 12.6. The van der Waals surface area contributed by atoms with Gasteiger partial charge in [-0.25, -0.2) is 17.7 Å². The number of ether oxygens (including phenoxy) is 1. The molecule has 10 heteroatoms. The molecule has 6 nitrogen and oxygen atoms in total. The summed E-state index contributed by atoms with van der Waals surface area (Å²) in [4.78, 5) is 8.16. The highest BCUT2D eigenvalue weighted by molar-refractivity contribution is 7.88. The second-order valence-electron chi connectivity index (χ2n) is 6.61. The Bertz CT molecular complexity index is 910. The van der Waals surface area contributed by atoms with Crippen LogP contribution in [0.25, 0.3) is 0 Å². The lowest BCUT2D eigenvalue weighted by molar-refractivity contribution is -0.137. The van der Waals surface area contributed by atoms with Gasteiger partial charge in [0.05, 0.1) is 11.3 Å². The van der Waals surface area contributed by atoms with Gasteiger partial charge in [0.15, 0.2) is 0 Å². The number of hydrogen-bond donors (Lipinski definition) is 0. The lowest BCUT2D eigenvalue weighted by Crippen LogP contribution is -2.42. The average Bonchev–Trinajstić information content (AvgIpc) is 2.61. The van der Waals surface area contributed by atoms with Crippen molar-refractivity contribution in [3.05, 3.63) is 53.5 Å². The minimum Gasteiger partial charge on any atom is -0.474 e. The van der Waals surface area contributed by atoms with E-state index in [9.17, 15) is 21.6 Å². The van der Waals surface area contributed by atoms with E-state index in [1.54, 1.807) is 19.2 Å². The molecule has 0 N–H and O–H groups in total. The normalized spacial score (nSPS) is 16.9. The van der Waals surface area contributed by atoms with Crippen LogP contribution in [-0.2, 0) is 22.0 Å². The van der Waals surface area contributed by atoms with Crippen LogP contribution in [0, 0.1) is 6.92 Å². The van der Waals surface area contributed by atoms with E-state index in [2.05, 4.69) is 9.97 Å². The van der Waals surface area contributed by atoms with Crippen molar-refractivity contribution in [2.24, 2.45) is 0 Å². The third-order valence-electron chi connectivity index (χ3n) is 4.46. The molecule has 0 unspecified atom stereocenters. The summed E-state index contributed by atoms with van der Waals surface area (Å²) in [6.07, 6.45) is -1.97. The molecule has 1 fully saturated rings. The van der Waals surface area contributed by atoms with Crippen molar-refractivity contribution >= 4 is 10.0 Å². The highest BCUT2D eigenvalue weighted by atomic mass is 32.2. The molecule has 0 bridgehead atoms. The largest absolute Gasteiger partial charge is 0.474 e. The van der Waals surface area contributed by atoms with E-state index in [4.69, 9.17) is 4.74 Å². The quantitative estimate of drug-likeness (QED) is 0.750. The summed E-state index contributed by atoms with van der Waals surface area (Å²) in [5.74, 6) is 0.717. The second kappa shape index (κ2) is 8.04. The zero-order chi connectivity index (χ0) is 20.4. The molecule has 1 saturated heterocycles. The van der Waals surface area contributed by atoms with E-state index in [0.29, 0.717) is 30.1 Å². The van der Waals surface area contributed by atoms with Gasteiger partial charge in [-0.3, -0.25) is 0 Å². The van der Waals surface area contributed by atoms with Crippen LogP contribution in [0.1, 0.15) is 29.8 Å². The molecular weight excluding hydrogens is 395 g/mol. The van der Waals surface area contributed by atoms with Gasteiger partial charge in [0.1, 0.15) is 11.9 Å². The number of alkyl halides is 3. The van der Waals surface area contributed by atoms with Gasteiger partial charge >= 0.3 is 6.18 Å². The minimum atomic E-state index is -4.44. The molecule has 2 aromatic rings. The number of rotatable bonds is 5. The van der Waals surface area contributed by atoms with E-state index < -0.39 is 21.8 Å². The standard InChI is InChI=1S/C18H20F3N3O3S/c1-13-22-9-6-17(23-13)27-16-7-10-24(11-8-16)28(25,26)12-14-2-4-15(5-3-14)18(19,20)21/h2-6,9,16H,7-8,10-12H2,1H3. The van der Waals surface area contributed by atoms with Crippen molar-refractivity contribution in [1.82, 2.24) is 14.3 Å². The first-order valence-corrected chi connectivity index (χ1v) is 10.3. The number of piperidine rings is 1. The molecule has 152 valence electrons.